The standard InChI is InChI=1S/C13H17BrN2O2/c1-18-13(17)9-10-8-11(14)2-3-12(10)16-6-4-15-5-7-16/h2-3,8,15H,4-7,9H2,1H3. The zero-order chi connectivity index (χ0) is 13.0. The largest absolute Gasteiger partial charge is 0.469 e. The molecule has 1 N–H and O–H groups in total. The molecule has 98 valence electrons. The van der Waals surface area contributed by atoms with Gasteiger partial charge in [0.25, 0.3) is 0 Å². The Bertz CT molecular complexity index is 431. The summed E-state index contributed by atoms with van der Waals surface area (Å²) in [5.41, 5.74) is 2.14. The number of esters is 1. The molecule has 0 unspecified atom stereocenters. The van der Waals surface area contributed by atoms with Gasteiger partial charge >= 0.3 is 5.97 Å². The summed E-state index contributed by atoms with van der Waals surface area (Å²) in [5.74, 6) is -0.204. The number of halogens is 1. The number of hydrogen-bond acceptors (Lipinski definition) is 4. The third-order valence-corrected chi connectivity index (χ3v) is 3.55. The van der Waals surface area contributed by atoms with Crippen LogP contribution in [0.4, 0.5) is 5.69 Å². The van der Waals surface area contributed by atoms with Gasteiger partial charge in [0, 0.05) is 36.3 Å². The number of nitrogens with one attached hydrogen (secondary N) is 1. The number of nitrogens with zero attached hydrogens (tertiary/aromatic N) is 1. The first-order valence-electron chi connectivity index (χ1n) is 6.01. The molecule has 0 radical (unpaired) electrons. The summed E-state index contributed by atoms with van der Waals surface area (Å²) in [4.78, 5) is 13.8. The van der Waals surface area contributed by atoms with Crippen molar-refractivity contribution >= 4 is 27.6 Å². The van der Waals surface area contributed by atoms with Crippen molar-refractivity contribution < 1.29 is 9.53 Å². The van der Waals surface area contributed by atoms with E-state index in [9.17, 15) is 4.79 Å². The molecule has 0 aliphatic carbocycles. The Morgan fingerprint density at radius 3 is 2.83 bits per heavy atom. The van der Waals surface area contributed by atoms with Crippen LogP contribution in [0.15, 0.2) is 22.7 Å². The molecule has 0 spiro atoms. The third-order valence-electron chi connectivity index (χ3n) is 3.06. The third kappa shape index (κ3) is 3.23. The highest BCUT2D eigenvalue weighted by Crippen LogP contribution is 2.25. The van der Waals surface area contributed by atoms with Gasteiger partial charge in [-0.2, -0.15) is 0 Å². The molecule has 1 aliphatic rings. The number of anilines is 1. The van der Waals surface area contributed by atoms with Crippen LogP contribution < -0.4 is 10.2 Å². The molecule has 4 nitrogen and oxygen atoms in total. The second-order valence-electron chi connectivity index (χ2n) is 4.26. The van der Waals surface area contributed by atoms with Gasteiger partial charge in [-0.1, -0.05) is 15.9 Å². The van der Waals surface area contributed by atoms with Crippen LogP contribution in [-0.2, 0) is 16.0 Å². The van der Waals surface area contributed by atoms with Gasteiger partial charge in [0.05, 0.1) is 13.5 Å². The first kappa shape index (κ1) is 13.4. The fourth-order valence-corrected chi connectivity index (χ4v) is 2.55. The van der Waals surface area contributed by atoms with Crippen molar-refractivity contribution in [1.82, 2.24) is 5.32 Å². The van der Waals surface area contributed by atoms with E-state index >= 15 is 0 Å². The zero-order valence-electron chi connectivity index (χ0n) is 10.4. The van der Waals surface area contributed by atoms with E-state index in [0.717, 1.165) is 41.9 Å². The molecule has 0 bridgehead atoms. The average molecular weight is 313 g/mol. The van der Waals surface area contributed by atoms with Gasteiger partial charge in [0.1, 0.15) is 0 Å². The van der Waals surface area contributed by atoms with Gasteiger partial charge in [0.2, 0.25) is 0 Å². The van der Waals surface area contributed by atoms with Crippen LogP contribution >= 0.6 is 15.9 Å². The lowest BCUT2D eigenvalue weighted by molar-refractivity contribution is -0.139. The Labute approximate surface area is 115 Å². The molecule has 1 heterocycles. The predicted octanol–water partition coefficient (Wildman–Crippen LogP) is 1.57. The molecule has 0 atom stereocenters. The summed E-state index contributed by atoms with van der Waals surface area (Å²) in [6.07, 6.45) is 0.315. The first-order valence-corrected chi connectivity index (χ1v) is 6.81. The fourth-order valence-electron chi connectivity index (χ4n) is 2.14. The summed E-state index contributed by atoms with van der Waals surface area (Å²) < 4.78 is 5.74. The Kier molecular flexibility index (Phi) is 4.60. The van der Waals surface area contributed by atoms with Crippen LogP contribution in [0.3, 0.4) is 0 Å². The predicted molar refractivity (Wildman–Crippen MR) is 74.9 cm³/mol. The zero-order valence-corrected chi connectivity index (χ0v) is 12.0. The Balaban J connectivity index is 2.24. The van der Waals surface area contributed by atoms with E-state index in [1.54, 1.807) is 0 Å². The maximum atomic E-state index is 11.5. The number of hydrogen-bond donors (Lipinski definition) is 1. The number of benzene rings is 1. The highest BCUT2D eigenvalue weighted by molar-refractivity contribution is 9.10. The van der Waals surface area contributed by atoms with Crippen LogP contribution in [0.1, 0.15) is 5.56 Å². The van der Waals surface area contributed by atoms with Crippen molar-refractivity contribution in [3.63, 3.8) is 0 Å². The highest BCUT2D eigenvalue weighted by Gasteiger charge is 2.16. The summed E-state index contributed by atoms with van der Waals surface area (Å²) in [5, 5.41) is 3.32. The molecule has 1 aromatic rings. The molecule has 1 aliphatic heterocycles. The second-order valence-corrected chi connectivity index (χ2v) is 5.18. The van der Waals surface area contributed by atoms with Crippen LogP contribution in [0.5, 0.6) is 0 Å². The van der Waals surface area contributed by atoms with E-state index in [1.165, 1.54) is 7.11 Å². The maximum absolute atomic E-state index is 11.5. The summed E-state index contributed by atoms with van der Waals surface area (Å²) in [6, 6.07) is 6.07. The number of piperazine rings is 1. The average Bonchev–Trinajstić information content (AvgIpc) is 2.40. The second kappa shape index (κ2) is 6.20. The Hall–Kier alpha value is -1.07. The molecule has 1 aromatic carbocycles. The monoisotopic (exact) mass is 312 g/mol. The molecular formula is C13H17BrN2O2. The van der Waals surface area contributed by atoms with Crippen LogP contribution in [0.2, 0.25) is 0 Å². The summed E-state index contributed by atoms with van der Waals surface area (Å²) >= 11 is 3.45. The van der Waals surface area contributed by atoms with E-state index in [4.69, 9.17) is 4.74 Å². The molecule has 0 saturated carbocycles. The molecule has 0 aromatic heterocycles. The number of carbonyl (C=O) groups is 1. The molecule has 5 heteroatoms. The van der Waals surface area contributed by atoms with Gasteiger partial charge < -0.3 is 15.0 Å². The topological polar surface area (TPSA) is 41.6 Å². The minimum atomic E-state index is -0.204. The van der Waals surface area contributed by atoms with Gasteiger partial charge in [0.15, 0.2) is 0 Å². The van der Waals surface area contributed by atoms with Crippen LogP contribution in [0.25, 0.3) is 0 Å². The van der Waals surface area contributed by atoms with Crippen molar-refractivity contribution in [3.8, 4) is 0 Å². The Morgan fingerprint density at radius 2 is 2.17 bits per heavy atom. The fraction of sp³-hybridized carbons (Fsp3) is 0.462. The van der Waals surface area contributed by atoms with Crippen LogP contribution in [-0.4, -0.2) is 39.3 Å². The number of methoxy groups -OCH3 is 1. The van der Waals surface area contributed by atoms with Gasteiger partial charge in [-0.25, -0.2) is 0 Å². The molecular weight excluding hydrogens is 296 g/mol. The normalized spacial score (nSPS) is 15.6. The quantitative estimate of drug-likeness (QED) is 0.860. The lowest BCUT2D eigenvalue weighted by Gasteiger charge is -2.31. The number of rotatable bonds is 3. The van der Waals surface area contributed by atoms with E-state index in [1.807, 2.05) is 12.1 Å². The summed E-state index contributed by atoms with van der Waals surface area (Å²) in [6.45, 7) is 3.90. The smallest absolute Gasteiger partial charge is 0.310 e. The van der Waals surface area contributed by atoms with Crippen molar-refractivity contribution in [2.45, 2.75) is 6.42 Å². The van der Waals surface area contributed by atoms with E-state index in [-0.39, 0.29) is 5.97 Å². The SMILES string of the molecule is COC(=O)Cc1cc(Br)ccc1N1CCNCC1. The van der Waals surface area contributed by atoms with E-state index < -0.39 is 0 Å². The van der Waals surface area contributed by atoms with Crippen molar-refractivity contribution in [1.29, 1.82) is 0 Å². The lowest BCUT2D eigenvalue weighted by Crippen LogP contribution is -2.44. The minimum absolute atomic E-state index is 0.204. The van der Waals surface area contributed by atoms with Gasteiger partial charge in [-0.05, 0) is 23.8 Å². The molecule has 1 saturated heterocycles. The van der Waals surface area contributed by atoms with Crippen molar-refractivity contribution in [3.05, 3.63) is 28.2 Å². The van der Waals surface area contributed by atoms with E-state index in [2.05, 4.69) is 32.2 Å². The van der Waals surface area contributed by atoms with Crippen molar-refractivity contribution in [2.24, 2.45) is 0 Å². The van der Waals surface area contributed by atoms with Crippen LogP contribution in [0, 0.1) is 0 Å². The van der Waals surface area contributed by atoms with Gasteiger partial charge in [-0.15, -0.1) is 0 Å². The number of carbonyl (C=O) groups excluding carboxylic acids is 1. The molecule has 18 heavy (non-hydrogen) atoms. The van der Waals surface area contributed by atoms with E-state index in [0.29, 0.717) is 6.42 Å². The highest BCUT2D eigenvalue weighted by atomic mass is 79.9. The first-order chi connectivity index (χ1) is 8.70. The molecule has 0 amide bonds. The van der Waals surface area contributed by atoms with Gasteiger partial charge in [-0.3, -0.25) is 4.79 Å². The molecule has 1 fully saturated rings. The lowest BCUT2D eigenvalue weighted by atomic mass is 10.1. The number of ether oxygens (including phenoxy) is 1. The maximum Gasteiger partial charge on any atom is 0.310 e. The summed E-state index contributed by atoms with van der Waals surface area (Å²) in [7, 11) is 1.42. The Morgan fingerprint density at radius 1 is 1.44 bits per heavy atom. The minimum Gasteiger partial charge on any atom is -0.469 e. The van der Waals surface area contributed by atoms with Crippen molar-refractivity contribution in [2.75, 3.05) is 38.2 Å². The molecule has 2 rings (SSSR count).